The molecule has 24 heavy (non-hydrogen) atoms. The minimum Gasteiger partial charge on any atom is -0.469 e. The lowest BCUT2D eigenvalue weighted by atomic mass is 10.0. The van der Waals surface area contributed by atoms with Crippen LogP contribution in [-0.4, -0.2) is 37.6 Å². The molecule has 0 heterocycles. The lowest BCUT2D eigenvalue weighted by Gasteiger charge is -2.18. The Morgan fingerprint density at radius 1 is 1.12 bits per heavy atom. The van der Waals surface area contributed by atoms with Gasteiger partial charge in [0, 0.05) is 16.9 Å². The summed E-state index contributed by atoms with van der Waals surface area (Å²) in [6.45, 7) is 2.02. The van der Waals surface area contributed by atoms with E-state index in [0.29, 0.717) is 13.0 Å². The third-order valence-electron chi connectivity index (χ3n) is 3.26. The minimum absolute atomic E-state index is 0.00669. The topological polar surface area (TPSA) is 81.7 Å². The van der Waals surface area contributed by atoms with Crippen LogP contribution in [0.2, 0.25) is 0 Å². The van der Waals surface area contributed by atoms with Crippen LogP contribution in [0.3, 0.4) is 0 Å². The quantitative estimate of drug-likeness (QED) is 0.644. The number of halogens is 1. The van der Waals surface area contributed by atoms with E-state index in [1.165, 1.54) is 7.11 Å². The average Bonchev–Trinajstić information content (AvgIpc) is 2.54. The first-order valence-electron chi connectivity index (χ1n) is 7.70. The molecule has 0 aromatic heterocycles. The highest BCUT2D eigenvalue weighted by Crippen LogP contribution is 2.13. The van der Waals surface area contributed by atoms with Gasteiger partial charge in [-0.15, -0.1) is 0 Å². The number of hydrogen-bond acceptors (Lipinski definition) is 5. The Labute approximate surface area is 150 Å². The van der Waals surface area contributed by atoms with Gasteiger partial charge in [-0.3, -0.25) is 14.4 Å². The van der Waals surface area contributed by atoms with E-state index >= 15 is 0 Å². The Hall–Kier alpha value is -1.89. The minimum atomic E-state index is -0.444. The van der Waals surface area contributed by atoms with E-state index in [9.17, 15) is 14.4 Å². The molecule has 7 heteroatoms. The van der Waals surface area contributed by atoms with Gasteiger partial charge in [-0.2, -0.15) is 0 Å². The Morgan fingerprint density at radius 2 is 1.79 bits per heavy atom. The smallest absolute Gasteiger partial charge is 0.307 e. The van der Waals surface area contributed by atoms with Gasteiger partial charge in [0.05, 0.1) is 26.6 Å². The molecule has 0 radical (unpaired) electrons. The number of esters is 2. The molecule has 1 rings (SSSR count). The summed E-state index contributed by atoms with van der Waals surface area (Å²) in [5.41, 5.74) is 0.987. The van der Waals surface area contributed by atoms with Gasteiger partial charge < -0.3 is 14.8 Å². The van der Waals surface area contributed by atoms with Crippen molar-refractivity contribution >= 4 is 33.8 Å². The molecule has 132 valence electrons. The van der Waals surface area contributed by atoms with Crippen LogP contribution in [0.15, 0.2) is 28.7 Å². The number of ether oxygens (including phenoxy) is 2. The van der Waals surface area contributed by atoms with Crippen molar-refractivity contribution in [2.24, 2.45) is 0 Å². The first kappa shape index (κ1) is 20.2. The van der Waals surface area contributed by atoms with Gasteiger partial charge in [0.2, 0.25) is 5.91 Å². The van der Waals surface area contributed by atoms with Crippen LogP contribution in [0.5, 0.6) is 0 Å². The number of carbonyl (C=O) groups excluding carboxylic acids is 3. The maximum Gasteiger partial charge on any atom is 0.307 e. The lowest BCUT2D eigenvalue weighted by molar-refractivity contribution is -0.144. The van der Waals surface area contributed by atoms with E-state index in [1.807, 2.05) is 24.3 Å². The molecule has 1 aromatic rings. The summed E-state index contributed by atoms with van der Waals surface area (Å²) in [5.74, 6) is -1.11. The van der Waals surface area contributed by atoms with Crippen molar-refractivity contribution in [3.8, 4) is 0 Å². The van der Waals surface area contributed by atoms with E-state index in [1.54, 1.807) is 6.92 Å². The molecule has 0 saturated heterocycles. The molecule has 0 spiro atoms. The average molecular weight is 400 g/mol. The van der Waals surface area contributed by atoms with Crippen LogP contribution in [-0.2, 0) is 30.3 Å². The molecular formula is C17H22BrNO5. The number of methoxy groups -OCH3 is 1. The van der Waals surface area contributed by atoms with Crippen molar-refractivity contribution in [1.82, 2.24) is 5.32 Å². The van der Waals surface area contributed by atoms with Crippen LogP contribution < -0.4 is 5.32 Å². The van der Waals surface area contributed by atoms with Crippen molar-refractivity contribution < 1.29 is 23.9 Å². The lowest BCUT2D eigenvalue weighted by Crippen LogP contribution is -2.38. The normalized spacial score (nSPS) is 11.5. The third kappa shape index (κ3) is 8.10. The van der Waals surface area contributed by atoms with E-state index < -0.39 is 12.0 Å². The number of amides is 1. The molecule has 0 aliphatic heterocycles. The van der Waals surface area contributed by atoms with Crippen LogP contribution in [0.1, 0.15) is 31.7 Å². The fourth-order valence-electron chi connectivity index (χ4n) is 2.12. The fourth-order valence-corrected chi connectivity index (χ4v) is 2.38. The SMILES string of the molecule is CCOC(=O)CC(Cc1ccc(Br)cc1)NC(=O)CCC(=O)OC. The van der Waals surface area contributed by atoms with Crippen molar-refractivity contribution in [2.45, 2.75) is 38.6 Å². The van der Waals surface area contributed by atoms with Gasteiger partial charge in [-0.05, 0) is 31.0 Å². The first-order valence-corrected chi connectivity index (χ1v) is 8.50. The summed E-state index contributed by atoms with van der Waals surface area (Å²) < 4.78 is 10.4. The van der Waals surface area contributed by atoms with Crippen LogP contribution in [0.4, 0.5) is 0 Å². The predicted octanol–water partition coefficient (Wildman–Crippen LogP) is 2.38. The maximum atomic E-state index is 12.0. The van der Waals surface area contributed by atoms with E-state index in [4.69, 9.17) is 4.74 Å². The molecule has 0 fully saturated rings. The van der Waals surface area contributed by atoms with Gasteiger partial charge >= 0.3 is 11.9 Å². The number of carbonyl (C=O) groups is 3. The monoisotopic (exact) mass is 399 g/mol. The predicted molar refractivity (Wildman–Crippen MR) is 92.3 cm³/mol. The Kier molecular flexibility index (Phi) is 9.07. The highest BCUT2D eigenvalue weighted by molar-refractivity contribution is 9.10. The van der Waals surface area contributed by atoms with Gasteiger partial charge in [0.15, 0.2) is 0 Å². The van der Waals surface area contributed by atoms with Gasteiger partial charge in [-0.25, -0.2) is 0 Å². The molecule has 6 nitrogen and oxygen atoms in total. The third-order valence-corrected chi connectivity index (χ3v) is 3.79. The molecule has 0 saturated carbocycles. The molecule has 1 N–H and O–H groups in total. The molecule has 0 aliphatic carbocycles. The van der Waals surface area contributed by atoms with Crippen molar-refractivity contribution in [2.75, 3.05) is 13.7 Å². The van der Waals surface area contributed by atoms with Crippen molar-refractivity contribution in [3.05, 3.63) is 34.3 Å². The molecule has 0 aliphatic rings. The van der Waals surface area contributed by atoms with E-state index in [-0.39, 0.29) is 31.1 Å². The summed E-state index contributed by atoms with van der Waals surface area (Å²) in [4.78, 5) is 34.8. The molecule has 0 bridgehead atoms. The van der Waals surface area contributed by atoms with Crippen LogP contribution in [0, 0.1) is 0 Å². The molecule has 1 amide bonds. The van der Waals surface area contributed by atoms with Crippen LogP contribution in [0.25, 0.3) is 0 Å². The number of rotatable bonds is 9. The molecule has 1 aromatic carbocycles. The summed E-state index contributed by atoms with van der Waals surface area (Å²) in [5, 5.41) is 2.79. The Morgan fingerprint density at radius 3 is 2.38 bits per heavy atom. The van der Waals surface area contributed by atoms with Gasteiger partial charge in [0.25, 0.3) is 0 Å². The highest BCUT2D eigenvalue weighted by Gasteiger charge is 2.18. The second-order valence-corrected chi connectivity index (χ2v) is 6.10. The standard InChI is InChI=1S/C17H22BrNO5/c1-3-24-17(22)11-14(10-12-4-6-13(18)7-5-12)19-15(20)8-9-16(21)23-2/h4-7,14H,3,8-11H2,1-2H3,(H,19,20). The number of hydrogen-bond donors (Lipinski definition) is 1. The Balaban J connectivity index is 2.66. The summed E-state index contributed by atoms with van der Waals surface area (Å²) in [6, 6.07) is 7.24. The summed E-state index contributed by atoms with van der Waals surface area (Å²) in [6.07, 6.45) is 0.600. The second kappa shape index (κ2) is 10.8. The van der Waals surface area contributed by atoms with E-state index in [0.717, 1.165) is 10.0 Å². The second-order valence-electron chi connectivity index (χ2n) is 5.18. The van der Waals surface area contributed by atoms with Gasteiger partial charge in [0.1, 0.15) is 0 Å². The van der Waals surface area contributed by atoms with Gasteiger partial charge in [-0.1, -0.05) is 28.1 Å². The number of benzene rings is 1. The summed E-state index contributed by atoms with van der Waals surface area (Å²) >= 11 is 3.37. The number of nitrogens with one attached hydrogen (secondary N) is 1. The fraction of sp³-hybridized carbons (Fsp3) is 0.471. The first-order chi connectivity index (χ1) is 11.4. The highest BCUT2D eigenvalue weighted by atomic mass is 79.9. The largest absolute Gasteiger partial charge is 0.469 e. The maximum absolute atomic E-state index is 12.0. The Bertz CT molecular complexity index is 559. The van der Waals surface area contributed by atoms with Crippen LogP contribution >= 0.6 is 15.9 Å². The molecular weight excluding hydrogens is 378 g/mol. The zero-order valence-corrected chi connectivity index (χ0v) is 15.4. The molecule has 1 unspecified atom stereocenters. The summed E-state index contributed by atoms with van der Waals surface area (Å²) in [7, 11) is 1.28. The zero-order valence-electron chi connectivity index (χ0n) is 13.8. The van der Waals surface area contributed by atoms with Crippen molar-refractivity contribution in [3.63, 3.8) is 0 Å². The molecule has 1 atom stereocenters. The zero-order chi connectivity index (χ0) is 17.9. The van der Waals surface area contributed by atoms with Crippen molar-refractivity contribution in [1.29, 1.82) is 0 Å². The van der Waals surface area contributed by atoms with E-state index in [2.05, 4.69) is 26.0 Å².